The topological polar surface area (TPSA) is 29.1 Å². The highest BCUT2D eigenvalue weighted by atomic mass is 79.9. The van der Waals surface area contributed by atoms with Crippen molar-refractivity contribution < 1.29 is 9.18 Å². The number of hydrogen-bond donors (Lipinski definition) is 1. The van der Waals surface area contributed by atoms with Crippen molar-refractivity contribution in [3.63, 3.8) is 0 Å². The van der Waals surface area contributed by atoms with Gasteiger partial charge >= 0.3 is 0 Å². The van der Waals surface area contributed by atoms with Crippen molar-refractivity contribution in [1.29, 1.82) is 0 Å². The molecule has 0 aromatic heterocycles. The molecule has 0 fully saturated rings. The molecule has 0 aliphatic carbocycles. The highest BCUT2D eigenvalue weighted by molar-refractivity contribution is 9.10. The van der Waals surface area contributed by atoms with Gasteiger partial charge in [-0.15, -0.1) is 0 Å². The van der Waals surface area contributed by atoms with Crippen LogP contribution in [0, 0.1) is 5.82 Å². The van der Waals surface area contributed by atoms with Gasteiger partial charge in [0.05, 0.1) is 15.1 Å². The number of nitrogens with one attached hydrogen (secondary N) is 1. The van der Waals surface area contributed by atoms with Gasteiger partial charge in [-0.2, -0.15) is 0 Å². The van der Waals surface area contributed by atoms with E-state index in [2.05, 4.69) is 37.2 Å². The van der Waals surface area contributed by atoms with Gasteiger partial charge in [-0.1, -0.05) is 33.6 Å². The Balaban J connectivity index is 1.95. The van der Waals surface area contributed by atoms with Crippen LogP contribution in [-0.4, -0.2) is 12.5 Å². The van der Waals surface area contributed by atoms with Crippen molar-refractivity contribution in [1.82, 2.24) is 5.32 Å². The number of rotatable bonds is 4. The van der Waals surface area contributed by atoms with Crippen LogP contribution in [-0.2, 0) is 6.42 Å². The molecule has 0 atom stereocenters. The Morgan fingerprint density at radius 2 is 1.95 bits per heavy atom. The molecular weight excluding hydrogens is 424 g/mol. The lowest BCUT2D eigenvalue weighted by molar-refractivity contribution is 0.0954. The van der Waals surface area contributed by atoms with Crippen molar-refractivity contribution in [3.05, 3.63) is 67.3 Å². The van der Waals surface area contributed by atoms with Crippen LogP contribution in [0.3, 0.4) is 0 Å². The predicted octanol–water partition coefficient (Wildman–Crippen LogP) is 4.98. The fourth-order valence-corrected chi connectivity index (χ4v) is 2.77. The number of halogens is 4. The lowest BCUT2D eigenvalue weighted by Gasteiger charge is -2.08. The first-order valence-corrected chi connectivity index (χ1v) is 8.11. The Hall–Kier alpha value is -0.910. The van der Waals surface area contributed by atoms with Gasteiger partial charge < -0.3 is 5.32 Å². The van der Waals surface area contributed by atoms with E-state index in [4.69, 9.17) is 11.6 Å². The summed E-state index contributed by atoms with van der Waals surface area (Å²) in [5, 5.41) is 3.20. The van der Waals surface area contributed by atoms with Gasteiger partial charge in [-0.25, -0.2) is 4.39 Å². The second kappa shape index (κ2) is 7.38. The first-order valence-electron chi connectivity index (χ1n) is 6.14. The third-order valence-corrected chi connectivity index (χ3v) is 4.29. The fourth-order valence-electron chi connectivity index (χ4n) is 1.78. The Morgan fingerprint density at radius 1 is 1.19 bits per heavy atom. The zero-order chi connectivity index (χ0) is 15.4. The largest absolute Gasteiger partial charge is 0.352 e. The minimum absolute atomic E-state index is 0.234. The summed E-state index contributed by atoms with van der Waals surface area (Å²) >= 11 is 12.4. The maximum absolute atomic E-state index is 13.1. The van der Waals surface area contributed by atoms with Crippen LogP contribution in [0.4, 0.5) is 4.39 Å². The molecule has 0 heterocycles. The molecule has 0 radical (unpaired) electrons. The molecule has 0 spiro atoms. The van der Waals surface area contributed by atoms with E-state index in [0.717, 1.165) is 10.0 Å². The summed E-state index contributed by atoms with van der Waals surface area (Å²) in [7, 11) is 0. The van der Waals surface area contributed by atoms with Crippen molar-refractivity contribution in [2.45, 2.75) is 6.42 Å². The molecule has 2 rings (SSSR count). The van der Waals surface area contributed by atoms with E-state index in [1.165, 1.54) is 6.07 Å². The van der Waals surface area contributed by atoms with E-state index in [0.29, 0.717) is 28.0 Å². The third kappa shape index (κ3) is 4.53. The molecule has 2 aromatic rings. The maximum atomic E-state index is 13.1. The maximum Gasteiger partial charge on any atom is 0.252 e. The molecule has 1 amide bonds. The molecule has 0 saturated carbocycles. The highest BCUT2D eigenvalue weighted by Gasteiger charge is 2.10. The van der Waals surface area contributed by atoms with Gasteiger partial charge in [0.2, 0.25) is 0 Å². The number of carbonyl (C=O) groups excluding carboxylic acids is 1. The minimum atomic E-state index is -0.302. The molecule has 0 unspecified atom stereocenters. The molecule has 0 aliphatic heterocycles. The molecule has 0 bridgehead atoms. The highest BCUT2D eigenvalue weighted by Crippen LogP contribution is 2.21. The van der Waals surface area contributed by atoms with Crippen molar-refractivity contribution in [2.24, 2.45) is 0 Å². The molecule has 0 aliphatic rings. The van der Waals surface area contributed by atoms with Crippen LogP contribution in [0.15, 0.2) is 45.3 Å². The normalized spacial score (nSPS) is 10.5. The van der Waals surface area contributed by atoms with Gasteiger partial charge in [0, 0.05) is 11.0 Å². The first kappa shape index (κ1) is 16.5. The zero-order valence-electron chi connectivity index (χ0n) is 10.8. The smallest absolute Gasteiger partial charge is 0.252 e. The second-order valence-corrected chi connectivity index (χ2v) is 6.56. The monoisotopic (exact) mass is 433 g/mol. The Kier molecular flexibility index (Phi) is 5.79. The summed E-state index contributed by atoms with van der Waals surface area (Å²) in [5.41, 5.74) is 1.36. The summed E-state index contributed by atoms with van der Waals surface area (Å²) in [5.74, 6) is -0.536. The van der Waals surface area contributed by atoms with Crippen LogP contribution < -0.4 is 5.32 Å². The Labute approximate surface area is 143 Å². The summed E-state index contributed by atoms with van der Waals surface area (Å²) in [6.07, 6.45) is 0.607. The number of benzene rings is 2. The van der Waals surface area contributed by atoms with Crippen LogP contribution in [0.5, 0.6) is 0 Å². The molecule has 1 N–H and O–H groups in total. The molecular formula is C15H11Br2ClFNO. The summed E-state index contributed by atoms with van der Waals surface area (Å²) < 4.78 is 14.3. The van der Waals surface area contributed by atoms with Crippen molar-refractivity contribution in [2.75, 3.05) is 6.54 Å². The SMILES string of the molecule is O=C(NCCc1ccc(F)c(Br)c1)c1cc(Br)ccc1Cl. The van der Waals surface area contributed by atoms with Crippen molar-refractivity contribution >= 4 is 49.4 Å². The lowest BCUT2D eigenvalue weighted by Crippen LogP contribution is -2.26. The standard InChI is InChI=1S/C15H11Br2ClFNO/c16-10-2-3-13(18)11(8-10)15(21)20-6-5-9-1-4-14(19)12(17)7-9/h1-4,7-8H,5-6H2,(H,20,21). The predicted molar refractivity (Wildman–Crippen MR) is 89.3 cm³/mol. The van der Waals surface area contributed by atoms with Gasteiger partial charge in [0.25, 0.3) is 5.91 Å². The van der Waals surface area contributed by atoms with Gasteiger partial charge in [-0.05, 0) is 58.2 Å². The van der Waals surface area contributed by atoms with E-state index >= 15 is 0 Å². The summed E-state index contributed by atoms with van der Waals surface area (Å²) in [4.78, 5) is 12.0. The van der Waals surface area contributed by atoms with Crippen LogP contribution in [0.2, 0.25) is 5.02 Å². The molecule has 0 saturated heterocycles. The van der Waals surface area contributed by atoms with Crippen LogP contribution in [0.25, 0.3) is 0 Å². The first-order chi connectivity index (χ1) is 9.97. The summed E-state index contributed by atoms with van der Waals surface area (Å²) in [6.45, 7) is 0.444. The van der Waals surface area contributed by atoms with Gasteiger partial charge in [0.15, 0.2) is 0 Å². The molecule has 2 nitrogen and oxygen atoms in total. The summed E-state index contributed by atoms with van der Waals surface area (Å²) in [6, 6.07) is 9.90. The lowest BCUT2D eigenvalue weighted by atomic mass is 10.1. The quantitative estimate of drug-likeness (QED) is 0.721. The Morgan fingerprint density at radius 3 is 2.67 bits per heavy atom. The average Bonchev–Trinajstić information content (AvgIpc) is 2.45. The average molecular weight is 436 g/mol. The van der Waals surface area contributed by atoms with Crippen molar-refractivity contribution in [3.8, 4) is 0 Å². The van der Waals surface area contributed by atoms with E-state index in [-0.39, 0.29) is 11.7 Å². The van der Waals surface area contributed by atoms with Crippen LogP contribution in [0.1, 0.15) is 15.9 Å². The van der Waals surface area contributed by atoms with Gasteiger partial charge in [-0.3, -0.25) is 4.79 Å². The van der Waals surface area contributed by atoms with Gasteiger partial charge in [0.1, 0.15) is 5.82 Å². The Bertz CT molecular complexity index is 679. The molecule has 21 heavy (non-hydrogen) atoms. The number of carbonyl (C=O) groups is 1. The number of hydrogen-bond acceptors (Lipinski definition) is 1. The minimum Gasteiger partial charge on any atom is -0.352 e. The number of amides is 1. The third-order valence-electron chi connectivity index (χ3n) is 2.86. The fraction of sp³-hybridized carbons (Fsp3) is 0.133. The van der Waals surface area contributed by atoms with E-state index in [1.807, 2.05) is 0 Å². The van der Waals surface area contributed by atoms with Crippen LogP contribution >= 0.6 is 43.5 Å². The van der Waals surface area contributed by atoms with E-state index in [1.54, 1.807) is 30.3 Å². The second-order valence-electron chi connectivity index (χ2n) is 4.38. The molecule has 110 valence electrons. The van der Waals surface area contributed by atoms with E-state index in [9.17, 15) is 9.18 Å². The zero-order valence-corrected chi connectivity index (χ0v) is 14.7. The molecule has 2 aromatic carbocycles. The van der Waals surface area contributed by atoms with E-state index < -0.39 is 0 Å². The molecule has 6 heteroatoms.